The van der Waals surface area contributed by atoms with Crippen LogP contribution in [0.2, 0.25) is 0 Å². The van der Waals surface area contributed by atoms with Crippen LogP contribution in [-0.2, 0) is 14.2 Å². The average molecular weight is 526 g/mol. The number of rotatable bonds is 6. The van der Waals surface area contributed by atoms with Crippen LogP contribution in [-0.4, -0.2) is 71.4 Å². The van der Waals surface area contributed by atoms with E-state index in [9.17, 15) is 9.90 Å². The standard InChI is InChI=1S/C28H32FN3O6/c1-2-35-28(34)30-18-9-7-16(8-10-18)15-3-5-17(6-4-15)25-19(29)11-20-21(32-25)12-24(31-20)38-23-14-37-26-22(33)13-36-27(23)26/h3-6,11-12,16,18,22-23,26-27,31,33H,2,7-10,13-14H2,1H3,(H,30,34)/t16-,18-,22-,23-,26-,27-/m1/s1. The normalized spacial score (nSPS) is 28.8. The second-order valence-electron chi connectivity index (χ2n) is 10.2. The van der Waals surface area contributed by atoms with Crippen molar-refractivity contribution in [3.63, 3.8) is 0 Å². The number of pyridine rings is 1. The molecular formula is C28H32FN3O6. The molecule has 2 aliphatic heterocycles. The third kappa shape index (κ3) is 4.95. The van der Waals surface area contributed by atoms with Gasteiger partial charge in [-0.15, -0.1) is 0 Å². The molecule has 1 saturated carbocycles. The molecule has 9 nitrogen and oxygen atoms in total. The number of nitrogens with one attached hydrogen (secondary N) is 2. The summed E-state index contributed by atoms with van der Waals surface area (Å²) in [7, 11) is 0. The molecule has 3 N–H and O–H groups in total. The number of carbonyl (C=O) groups excluding carboxylic acids is 1. The largest absolute Gasteiger partial charge is 0.470 e. The highest BCUT2D eigenvalue weighted by Gasteiger charge is 2.48. The van der Waals surface area contributed by atoms with Crippen molar-refractivity contribution >= 4 is 17.1 Å². The maximum absolute atomic E-state index is 15.1. The number of fused-ring (bicyclic) bond motifs is 2. The van der Waals surface area contributed by atoms with Crippen LogP contribution in [0, 0.1) is 5.82 Å². The molecule has 1 aliphatic carbocycles. The summed E-state index contributed by atoms with van der Waals surface area (Å²) in [5, 5.41) is 12.9. The number of hydrogen-bond donors (Lipinski definition) is 3. The van der Waals surface area contributed by atoms with Gasteiger partial charge in [-0.2, -0.15) is 0 Å². The molecule has 0 bridgehead atoms. The van der Waals surface area contributed by atoms with Crippen LogP contribution in [0.5, 0.6) is 5.88 Å². The molecular weight excluding hydrogens is 493 g/mol. The average Bonchev–Trinajstić information content (AvgIpc) is 3.61. The van der Waals surface area contributed by atoms with Gasteiger partial charge < -0.3 is 34.4 Å². The zero-order chi connectivity index (χ0) is 26.2. The summed E-state index contributed by atoms with van der Waals surface area (Å²) >= 11 is 0. The Labute approximate surface area is 219 Å². The minimum Gasteiger partial charge on any atom is -0.470 e. The second-order valence-corrected chi connectivity index (χ2v) is 10.2. The van der Waals surface area contributed by atoms with Gasteiger partial charge >= 0.3 is 6.09 Å². The lowest BCUT2D eigenvalue weighted by Crippen LogP contribution is -2.37. The van der Waals surface area contributed by atoms with Crippen molar-refractivity contribution in [1.29, 1.82) is 0 Å². The first-order valence-corrected chi connectivity index (χ1v) is 13.3. The second kappa shape index (κ2) is 10.5. The summed E-state index contributed by atoms with van der Waals surface area (Å²) in [6.45, 7) is 2.70. The Morgan fingerprint density at radius 1 is 1.13 bits per heavy atom. The molecule has 3 fully saturated rings. The summed E-state index contributed by atoms with van der Waals surface area (Å²) in [5.74, 6) is 0.431. The van der Waals surface area contributed by atoms with E-state index in [0.29, 0.717) is 41.6 Å². The van der Waals surface area contributed by atoms with Crippen LogP contribution >= 0.6 is 0 Å². The van der Waals surface area contributed by atoms with Crippen LogP contribution in [0.1, 0.15) is 44.1 Å². The third-order valence-corrected chi connectivity index (χ3v) is 7.77. The molecule has 2 aromatic heterocycles. The van der Waals surface area contributed by atoms with Gasteiger partial charge in [-0.05, 0) is 44.1 Å². The van der Waals surface area contributed by atoms with Crippen molar-refractivity contribution < 1.29 is 33.2 Å². The predicted octanol–water partition coefficient (Wildman–Crippen LogP) is 4.05. The fraction of sp³-hybridized carbons (Fsp3) is 0.500. The van der Waals surface area contributed by atoms with E-state index in [0.717, 1.165) is 25.7 Å². The summed E-state index contributed by atoms with van der Waals surface area (Å²) in [6.07, 6.45) is 1.66. The lowest BCUT2D eigenvalue weighted by atomic mass is 9.81. The highest BCUT2D eigenvalue weighted by atomic mass is 19.1. The molecule has 1 aromatic carbocycles. The number of amides is 1. The number of aromatic nitrogens is 2. The van der Waals surface area contributed by atoms with Gasteiger partial charge in [-0.25, -0.2) is 14.2 Å². The summed E-state index contributed by atoms with van der Waals surface area (Å²) in [4.78, 5) is 19.3. The molecule has 38 heavy (non-hydrogen) atoms. The molecule has 4 atom stereocenters. The number of aliphatic hydroxyl groups excluding tert-OH is 1. The minimum atomic E-state index is -0.649. The quantitative estimate of drug-likeness (QED) is 0.445. The minimum absolute atomic E-state index is 0.143. The SMILES string of the molecule is CCOC(=O)N[C@H]1CC[C@H](c2ccc(-c3nc4cc(O[C@@H]5CO[C@H]6[C@@H]5OC[C@H]6O)[nH]c4cc3F)cc2)CC1. The van der Waals surface area contributed by atoms with Crippen molar-refractivity contribution in [2.24, 2.45) is 0 Å². The number of carbonyl (C=O) groups is 1. The number of H-pyrrole nitrogens is 1. The van der Waals surface area contributed by atoms with Gasteiger partial charge in [0.05, 0.1) is 30.9 Å². The fourth-order valence-corrected chi connectivity index (χ4v) is 5.80. The van der Waals surface area contributed by atoms with Crippen LogP contribution < -0.4 is 10.1 Å². The van der Waals surface area contributed by atoms with E-state index in [1.165, 1.54) is 11.6 Å². The molecule has 0 unspecified atom stereocenters. The van der Waals surface area contributed by atoms with E-state index >= 15 is 4.39 Å². The number of aliphatic hydroxyl groups is 1. The molecule has 3 aromatic rings. The molecule has 2 saturated heterocycles. The number of halogens is 1. The summed E-state index contributed by atoms with van der Waals surface area (Å²) in [6, 6.07) is 11.2. The van der Waals surface area contributed by atoms with Gasteiger partial charge in [0.15, 0.2) is 17.8 Å². The van der Waals surface area contributed by atoms with Crippen molar-refractivity contribution in [2.45, 2.75) is 69.0 Å². The van der Waals surface area contributed by atoms with E-state index in [1.807, 2.05) is 24.3 Å². The highest BCUT2D eigenvalue weighted by Crippen LogP contribution is 2.35. The maximum atomic E-state index is 15.1. The Kier molecular flexibility index (Phi) is 6.94. The van der Waals surface area contributed by atoms with Gasteiger partial charge in [0, 0.05) is 23.7 Å². The molecule has 3 aliphatic rings. The molecule has 0 radical (unpaired) electrons. The van der Waals surface area contributed by atoms with E-state index in [2.05, 4.69) is 15.3 Å². The lowest BCUT2D eigenvalue weighted by Gasteiger charge is -2.29. The first-order chi connectivity index (χ1) is 18.5. The topological polar surface area (TPSA) is 115 Å². The van der Waals surface area contributed by atoms with E-state index < -0.39 is 11.9 Å². The van der Waals surface area contributed by atoms with Crippen molar-refractivity contribution in [3.05, 3.63) is 47.8 Å². The Morgan fingerprint density at radius 3 is 2.66 bits per heavy atom. The zero-order valence-corrected chi connectivity index (χ0v) is 21.2. The van der Waals surface area contributed by atoms with Crippen LogP contribution in [0.4, 0.5) is 9.18 Å². The monoisotopic (exact) mass is 525 g/mol. The predicted molar refractivity (Wildman–Crippen MR) is 137 cm³/mol. The van der Waals surface area contributed by atoms with E-state index in [1.54, 1.807) is 13.0 Å². The van der Waals surface area contributed by atoms with Crippen LogP contribution in [0.25, 0.3) is 22.3 Å². The first kappa shape index (κ1) is 25.1. The van der Waals surface area contributed by atoms with E-state index in [-0.39, 0.29) is 42.7 Å². The Bertz CT molecular complexity index is 1290. The molecule has 1 amide bonds. The van der Waals surface area contributed by atoms with Gasteiger partial charge in [0.1, 0.15) is 24.0 Å². The Balaban J connectivity index is 1.12. The Morgan fingerprint density at radius 2 is 1.89 bits per heavy atom. The number of nitrogens with zero attached hydrogens (tertiary/aromatic N) is 1. The van der Waals surface area contributed by atoms with Crippen molar-refractivity contribution in [1.82, 2.24) is 15.3 Å². The number of ether oxygens (including phenoxy) is 4. The fourth-order valence-electron chi connectivity index (χ4n) is 5.80. The number of alkyl carbamates (subject to hydrolysis) is 1. The number of aromatic amines is 1. The van der Waals surface area contributed by atoms with Crippen LogP contribution in [0.3, 0.4) is 0 Å². The van der Waals surface area contributed by atoms with Gasteiger partial charge in [0.25, 0.3) is 0 Å². The molecule has 4 heterocycles. The number of hydrogen-bond acceptors (Lipinski definition) is 7. The molecule has 0 spiro atoms. The van der Waals surface area contributed by atoms with E-state index in [4.69, 9.17) is 18.9 Å². The van der Waals surface area contributed by atoms with Gasteiger partial charge in [0.2, 0.25) is 0 Å². The summed E-state index contributed by atoms with van der Waals surface area (Å²) < 4.78 is 37.3. The first-order valence-electron chi connectivity index (χ1n) is 13.3. The Hall–Kier alpha value is -3.21. The van der Waals surface area contributed by atoms with Crippen molar-refractivity contribution in [3.8, 4) is 17.1 Å². The zero-order valence-electron chi connectivity index (χ0n) is 21.2. The smallest absolute Gasteiger partial charge is 0.407 e. The third-order valence-electron chi connectivity index (χ3n) is 7.77. The lowest BCUT2D eigenvalue weighted by molar-refractivity contribution is 0.00794. The van der Waals surface area contributed by atoms with Crippen LogP contribution in [0.15, 0.2) is 36.4 Å². The molecule has 202 valence electrons. The van der Waals surface area contributed by atoms with Gasteiger partial charge in [-0.3, -0.25) is 0 Å². The van der Waals surface area contributed by atoms with Gasteiger partial charge in [-0.1, -0.05) is 24.3 Å². The molecule has 6 rings (SSSR count). The summed E-state index contributed by atoms with van der Waals surface area (Å²) in [5.41, 5.74) is 3.32. The number of benzene rings is 1. The highest BCUT2D eigenvalue weighted by molar-refractivity contribution is 5.81. The molecule has 10 heteroatoms. The van der Waals surface area contributed by atoms with Crippen molar-refractivity contribution in [2.75, 3.05) is 19.8 Å². The maximum Gasteiger partial charge on any atom is 0.407 e.